The molecule has 1 saturated heterocycles. The number of imide groups is 1. The second-order valence-corrected chi connectivity index (χ2v) is 8.85. The first kappa shape index (κ1) is 25.1. The van der Waals surface area contributed by atoms with E-state index in [1.54, 1.807) is 19.1 Å². The molecule has 0 bridgehead atoms. The fraction of sp³-hybridized carbons (Fsp3) is 0.182. The third-order valence-electron chi connectivity index (χ3n) is 4.30. The van der Waals surface area contributed by atoms with Gasteiger partial charge in [0, 0.05) is 10.6 Å². The van der Waals surface area contributed by atoms with Gasteiger partial charge in [-0.3, -0.25) is 19.3 Å². The average Bonchev–Trinajstić information content (AvgIpc) is 3.01. The maximum atomic E-state index is 12.7. The van der Waals surface area contributed by atoms with Gasteiger partial charge in [-0.1, -0.05) is 34.8 Å². The molecular weight excluding hydrogens is 513 g/mol. The number of rotatable bonds is 8. The van der Waals surface area contributed by atoms with Crippen LogP contribution in [0.5, 0.6) is 5.75 Å². The Balaban J connectivity index is 1.73. The second-order valence-electron chi connectivity index (χ2n) is 6.61. The van der Waals surface area contributed by atoms with Gasteiger partial charge in [-0.05, 0) is 66.7 Å². The molecule has 11 heteroatoms. The Hall–Kier alpha value is -2.52. The van der Waals surface area contributed by atoms with Crippen molar-refractivity contribution in [3.05, 3.63) is 67.5 Å². The van der Waals surface area contributed by atoms with E-state index in [9.17, 15) is 19.2 Å². The van der Waals surface area contributed by atoms with Crippen LogP contribution in [0.3, 0.4) is 0 Å². The smallest absolute Gasteiger partial charge is 0.344 e. The van der Waals surface area contributed by atoms with Crippen LogP contribution in [0.2, 0.25) is 15.1 Å². The molecule has 33 heavy (non-hydrogen) atoms. The molecule has 172 valence electrons. The summed E-state index contributed by atoms with van der Waals surface area (Å²) in [5.74, 6) is -1.49. The molecule has 1 aliphatic heterocycles. The van der Waals surface area contributed by atoms with Crippen LogP contribution in [0.25, 0.3) is 6.08 Å². The van der Waals surface area contributed by atoms with Gasteiger partial charge in [0.25, 0.3) is 11.1 Å². The first-order chi connectivity index (χ1) is 15.7. The van der Waals surface area contributed by atoms with E-state index < -0.39 is 29.4 Å². The van der Waals surface area contributed by atoms with Crippen molar-refractivity contribution in [2.45, 2.75) is 6.92 Å². The van der Waals surface area contributed by atoms with E-state index in [4.69, 9.17) is 44.3 Å². The van der Waals surface area contributed by atoms with Crippen molar-refractivity contribution in [1.82, 2.24) is 4.90 Å². The second kappa shape index (κ2) is 11.1. The van der Waals surface area contributed by atoms with E-state index in [1.165, 1.54) is 30.3 Å². The number of ether oxygens (including phenoxy) is 2. The summed E-state index contributed by atoms with van der Waals surface area (Å²) in [5.41, 5.74) is 0.766. The number of ketones is 1. The zero-order chi connectivity index (χ0) is 24.1. The first-order valence-corrected chi connectivity index (χ1v) is 11.5. The van der Waals surface area contributed by atoms with Gasteiger partial charge in [-0.2, -0.15) is 0 Å². The molecule has 0 aliphatic carbocycles. The zero-order valence-electron chi connectivity index (χ0n) is 17.1. The maximum absolute atomic E-state index is 12.7. The Bertz CT molecular complexity index is 1130. The number of carbonyl (C=O) groups is 4. The molecular formula is C22H16Cl3NO6S. The normalized spacial score (nSPS) is 14.7. The molecule has 0 aromatic heterocycles. The van der Waals surface area contributed by atoms with Gasteiger partial charge in [0.1, 0.15) is 0 Å². The van der Waals surface area contributed by atoms with Crippen LogP contribution in [0, 0.1) is 0 Å². The Morgan fingerprint density at radius 3 is 2.30 bits per heavy atom. The minimum atomic E-state index is -0.609. The van der Waals surface area contributed by atoms with Crippen LogP contribution in [-0.2, 0) is 14.3 Å². The number of amides is 2. The zero-order valence-corrected chi connectivity index (χ0v) is 20.2. The number of hydrogen-bond acceptors (Lipinski definition) is 7. The molecule has 2 aromatic rings. The summed E-state index contributed by atoms with van der Waals surface area (Å²) >= 11 is 18.9. The standard InChI is InChI=1S/C22H16Cl3NO6S/c1-2-31-19(28)11-32-20-15(24)7-12(8-16(20)25)9-18-21(29)26(22(30)33-18)10-17(27)13-3-5-14(23)6-4-13/h3-9H,2,10-11H2,1H3/b18-9-. The lowest BCUT2D eigenvalue weighted by atomic mass is 10.1. The van der Waals surface area contributed by atoms with E-state index in [-0.39, 0.29) is 33.9 Å². The third-order valence-corrected chi connectivity index (χ3v) is 6.02. The fourth-order valence-electron chi connectivity index (χ4n) is 2.79. The monoisotopic (exact) mass is 527 g/mol. The van der Waals surface area contributed by atoms with Crippen molar-refractivity contribution in [3.63, 3.8) is 0 Å². The predicted octanol–water partition coefficient (Wildman–Crippen LogP) is 5.51. The first-order valence-electron chi connectivity index (χ1n) is 9.51. The lowest BCUT2D eigenvalue weighted by molar-refractivity contribution is -0.145. The highest BCUT2D eigenvalue weighted by Gasteiger charge is 2.36. The van der Waals surface area contributed by atoms with Crippen LogP contribution in [0.1, 0.15) is 22.8 Å². The SMILES string of the molecule is CCOC(=O)COc1c(Cl)cc(/C=C2\SC(=O)N(CC(=O)c3ccc(Cl)cc3)C2=O)cc1Cl. The van der Waals surface area contributed by atoms with Crippen molar-refractivity contribution >= 4 is 75.5 Å². The summed E-state index contributed by atoms with van der Waals surface area (Å²) in [7, 11) is 0. The summed E-state index contributed by atoms with van der Waals surface area (Å²) in [6, 6.07) is 9.10. The van der Waals surface area contributed by atoms with Crippen molar-refractivity contribution in [2.75, 3.05) is 19.8 Å². The van der Waals surface area contributed by atoms with Gasteiger partial charge in [0.2, 0.25) is 0 Å². The molecule has 0 radical (unpaired) electrons. The van der Waals surface area contributed by atoms with E-state index in [2.05, 4.69) is 0 Å². The van der Waals surface area contributed by atoms with E-state index in [1.807, 2.05) is 0 Å². The van der Waals surface area contributed by atoms with Crippen molar-refractivity contribution in [3.8, 4) is 5.75 Å². The number of esters is 1. The lowest BCUT2D eigenvalue weighted by Crippen LogP contribution is -2.33. The summed E-state index contributed by atoms with van der Waals surface area (Å²) < 4.78 is 10.1. The Morgan fingerprint density at radius 2 is 1.70 bits per heavy atom. The van der Waals surface area contributed by atoms with Crippen LogP contribution in [-0.4, -0.2) is 47.6 Å². The van der Waals surface area contributed by atoms with Gasteiger partial charge in [-0.25, -0.2) is 4.79 Å². The number of carbonyl (C=O) groups excluding carboxylic acids is 4. The topological polar surface area (TPSA) is 90.0 Å². The molecule has 2 aromatic carbocycles. The predicted molar refractivity (Wildman–Crippen MR) is 127 cm³/mol. The molecule has 0 unspecified atom stereocenters. The molecule has 0 N–H and O–H groups in total. The Labute approximate surface area is 208 Å². The molecule has 0 spiro atoms. The molecule has 1 aliphatic rings. The molecule has 3 rings (SSSR count). The van der Waals surface area contributed by atoms with Crippen LogP contribution in [0.4, 0.5) is 4.79 Å². The van der Waals surface area contributed by atoms with Gasteiger partial charge in [0.05, 0.1) is 28.1 Å². The van der Waals surface area contributed by atoms with Crippen molar-refractivity contribution < 1.29 is 28.7 Å². The molecule has 1 fully saturated rings. The summed E-state index contributed by atoms with van der Waals surface area (Å²) in [4.78, 5) is 49.9. The molecule has 1 heterocycles. The minimum Gasteiger partial charge on any atom is -0.479 e. The number of nitrogens with zero attached hydrogens (tertiary/aromatic N) is 1. The molecule has 0 atom stereocenters. The van der Waals surface area contributed by atoms with Crippen molar-refractivity contribution in [2.24, 2.45) is 0 Å². The highest BCUT2D eigenvalue weighted by atomic mass is 35.5. The summed E-state index contributed by atoms with van der Waals surface area (Å²) in [6.07, 6.45) is 1.44. The average molecular weight is 529 g/mol. The maximum Gasteiger partial charge on any atom is 0.344 e. The van der Waals surface area contributed by atoms with E-state index in [0.29, 0.717) is 27.9 Å². The molecule has 0 saturated carbocycles. The Kier molecular flexibility index (Phi) is 8.42. The molecule has 7 nitrogen and oxygen atoms in total. The van der Waals surface area contributed by atoms with Crippen molar-refractivity contribution in [1.29, 1.82) is 0 Å². The lowest BCUT2D eigenvalue weighted by Gasteiger charge is -2.11. The number of thioether (sulfide) groups is 1. The van der Waals surface area contributed by atoms with E-state index >= 15 is 0 Å². The van der Waals surface area contributed by atoms with Gasteiger partial charge < -0.3 is 9.47 Å². The van der Waals surface area contributed by atoms with Gasteiger partial charge >= 0.3 is 5.97 Å². The number of hydrogen-bond donors (Lipinski definition) is 0. The number of halogens is 3. The van der Waals surface area contributed by atoms with Gasteiger partial charge in [0.15, 0.2) is 18.1 Å². The fourth-order valence-corrected chi connectivity index (χ4v) is 4.37. The number of benzene rings is 2. The quantitative estimate of drug-likeness (QED) is 0.254. The minimum absolute atomic E-state index is 0.0882. The summed E-state index contributed by atoms with van der Waals surface area (Å²) in [5, 5.41) is 0.112. The molecule has 2 amide bonds. The highest BCUT2D eigenvalue weighted by Crippen LogP contribution is 2.37. The van der Waals surface area contributed by atoms with Crippen LogP contribution < -0.4 is 4.74 Å². The third kappa shape index (κ3) is 6.29. The van der Waals surface area contributed by atoms with Crippen LogP contribution in [0.15, 0.2) is 41.3 Å². The van der Waals surface area contributed by atoms with Gasteiger partial charge in [-0.15, -0.1) is 0 Å². The Morgan fingerprint density at radius 1 is 1.06 bits per heavy atom. The summed E-state index contributed by atoms with van der Waals surface area (Å²) in [6.45, 7) is 1.11. The highest BCUT2D eigenvalue weighted by molar-refractivity contribution is 8.18. The van der Waals surface area contributed by atoms with Crippen LogP contribution >= 0.6 is 46.6 Å². The number of Topliss-reactive ketones (excluding diaryl/α,β-unsaturated/α-hetero) is 1. The largest absolute Gasteiger partial charge is 0.479 e. The van der Waals surface area contributed by atoms with E-state index in [0.717, 1.165) is 4.90 Å².